The lowest BCUT2D eigenvalue weighted by molar-refractivity contribution is -0.149. The van der Waals surface area contributed by atoms with E-state index in [2.05, 4.69) is 20.2 Å². The van der Waals surface area contributed by atoms with Gasteiger partial charge in [0.2, 0.25) is 0 Å². The predicted molar refractivity (Wildman–Crippen MR) is 125 cm³/mol. The summed E-state index contributed by atoms with van der Waals surface area (Å²) in [7, 11) is 0. The van der Waals surface area contributed by atoms with E-state index in [-0.39, 0.29) is 5.92 Å². The predicted octanol–water partition coefficient (Wildman–Crippen LogP) is 3.86. The molecule has 33 heavy (non-hydrogen) atoms. The van der Waals surface area contributed by atoms with Crippen LogP contribution in [0.25, 0.3) is 10.6 Å². The van der Waals surface area contributed by atoms with Crippen molar-refractivity contribution in [2.24, 2.45) is 5.92 Å². The Labute approximate surface area is 195 Å². The third-order valence-corrected chi connectivity index (χ3v) is 7.00. The van der Waals surface area contributed by atoms with Crippen LogP contribution in [0.2, 0.25) is 0 Å². The van der Waals surface area contributed by atoms with E-state index in [1.54, 1.807) is 12.4 Å². The molecule has 0 saturated carbocycles. The maximum absolute atomic E-state index is 11.4. The Morgan fingerprint density at radius 3 is 2.91 bits per heavy atom. The minimum Gasteiger partial charge on any atom is -0.481 e. The van der Waals surface area contributed by atoms with Crippen molar-refractivity contribution in [1.29, 1.82) is 0 Å². The van der Waals surface area contributed by atoms with Crippen molar-refractivity contribution in [3.63, 3.8) is 0 Å². The second kappa shape index (κ2) is 9.05. The van der Waals surface area contributed by atoms with Crippen LogP contribution in [0.1, 0.15) is 25.3 Å². The molecule has 1 atom stereocenters. The van der Waals surface area contributed by atoms with E-state index < -0.39 is 11.8 Å². The van der Waals surface area contributed by atoms with Gasteiger partial charge in [-0.1, -0.05) is 17.4 Å². The van der Waals surface area contributed by atoms with E-state index in [0.29, 0.717) is 37.8 Å². The second-order valence-electron chi connectivity index (χ2n) is 8.24. The van der Waals surface area contributed by atoms with E-state index in [0.717, 1.165) is 34.2 Å². The van der Waals surface area contributed by atoms with E-state index in [4.69, 9.17) is 14.5 Å². The highest BCUT2D eigenvalue weighted by Crippen LogP contribution is 2.34. The van der Waals surface area contributed by atoms with E-state index in [9.17, 15) is 9.90 Å². The number of hydrogen-bond donors (Lipinski definition) is 2. The van der Waals surface area contributed by atoms with Crippen molar-refractivity contribution in [2.75, 3.05) is 36.5 Å². The Bertz CT molecular complexity index is 1150. The molecule has 0 radical (unpaired) electrons. The zero-order chi connectivity index (χ0) is 22.8. The van der Waals surface area contributed by atoms with Gasteiger partial charge in [-0.25, -0.2) is 15.0 Å². The van der Waals surface area contributed by atoms with Crippen LogP contribution in [-0.4, -0.2) is 52.3 Å². The van der Waals surface area contributed by atoms with Gasteiger partial charge in [-0.3, -0.25) is 4.79 Å². The maximum atomic E-state index is 11.4. The number of nitrogens with one attached hydrogen (secondary N) is 1. The quantitative estimate of drug-likeness (QED) is 0.558. The van der Waals surface area contributed by atoms with Crippen molar-refractivity contribution < 1.29 is 19.4 Å². The largest absolute Gasteiger partial charge is 0.481 e. The number of hydrogen-bond acceptors (Lipinski definition) is 9. The number of aliphatic carboxylic acids is 1. The van der Waals surface area contributed by atoms with Crippen molar-refractivity contribution in [2.45, 2.75) is 25.6 Å². The number of aromatic nitrogens is 3. The van der Waals surface area contributed by atoms with Gasteiger partial charge in [0.25, 0.3) is 0 Å². The molecule has 172 valence electrons. The fourth-order valence-electron chi connectivity index (χ4n) is 4.12. The molecule has 2 aliphatic heterocycles. The average molecular weight is 468 g/mol. The summed E-state index contributed by atoms with van der Waals surface area (Å²) in [5, 5.41) is 13.4. The van der Waals surface area contributed by atoms with Gasteiger partial charge < -0.3 is 24.8 Å². The van der Waals surface area contributed by atoms with E-state index in [1.807, 2.05) is 37.3 Å². The highest BCUT2D eigenvalue weighted by atomic mass is 32.1. The zero-order valence-corrected chi connectivity index (χ0v) is 19.0. The highest BCUT2D eigenvalue weighted by Gasteiger charge is 2.33. The normalized spacial score (nSPS) is 20.0. The van der Waals surface area contributed by atoms with Crippen LogP contribution >= 0.6 is 11.3 Å². The van der Waals surface area contributed by atoms with Gasteiger partial charge in [-0.2, -0.15) is 0 Å². The Balaban J connectivity index is 1.32. The Morgan fingerprint density at radius 2 is 2.09 bits per heavy atom. The number of pyridine rings is 2. The Kier molecular flexibility index (Phi) is 5.96. The number of piperidine rings is 1. The molecule has 0 aromatic carbocycles. The van der Waals surface area contributed by atoms with Crippen molar-refractivity contribution in [3.8, 4) is 10.6 Å². The summed E-state index contributed by atoms with van der Waals surface area (Å²) in [5.41, 5.74) is 1.68. The second-order valence-corrected chi connectivity index (χ2v) is 9.25. The number of thiazole rings is 1. The monoisotopic (exact) mass is 467 g/mol. The molecule has 0 bridgehead atoms. The number of anilines is 3. The van der Waals surface area contributed by atoms with Gasteiger partial charge in [-0.05, 0) is 44.0 Å². The van der Waals surface area contributed by atoms with Crippen LogP contribution in [0.4, 0.5) is 16.8 Å². The minimum atomic E-state index is -0.762. The van der Waals surface area contributed by atoms with Crippen molar-refractivity contribution >= 4 is 34.1 Å². The van der Waals surface area contributed by atoms with Gasteiger partial charge >= 0.3 is 5.97 Å². The Morgan fingerprint density at radius 1 is 1.24 bits per heavy atom. The van der Waals surface area contributed by atoms with Crippen LogP contribution in [0.5, 0.6) is 0 Å². The highest BCUT2D eigenvalue weighted by molar-refractivity contribution is 7.18. The van der Waals surface area contributed by atoms with Crippen molar-refractivity contribution in [3.05, 3.63) is 48.3 Å². The molecule has 2 saturated heterocycles. The Hall–Kier alpha value is -3.08. The summed E-state index contributed by atoms with van der Waals surface area (Å²) >= 11 is 1.52. The number of carbonyl (C=O) groups is 1. The van der Waals surface area contributed by atoms with Crippen LogP contribution in [-0.2, 0) is 20.1 Å². The topological polar surface area (TPSA) is 110 Å². The molecule has 5 heterocycles. The molecule has 3 aromatic rings. The maximum Gasteiger partial charge on any atom is 0.308 e. The molecule has 2 N–H and O–H groups in total. The fraction of sp³-hybridized carbons (Fsp3) is 0.391. The third kappa shape index (κ3) is 4.68. The molecule has 0 amide bonds. The summed E-state index contributed by atoms with van der Waals surface area (Å²) < 4.78 is 11.5. The third-order valence-electron chi connectivity index (χ3n) is 5.91. The number of rotatable bonds is 6. The first-order valence-electron chi connectivity index (χ1n) is 10.9. The summed E-state index contributed by atoms with van der Waals surface area (Å²) in [6.45, 7) is 4.35. The van der Waals surface area contributed by atoms with Crippen LogP contribution in [0, 0.1) is 5.92 Å². The van der Waals surface area contributed by atoms with Crippen LogP contribution in [0.15, 0.2) is 42.7 Å². The molecule has 5 rings (SSSR count). The fourth-order valence-corrected chi connectivity index (χ4v) is 5.04. The minimum absolute atomic E-state index is 0.345. The van der Waals surface area contributed by atoms with Gasteiger partial charge in [0.05, 0.1) is 29.7 Å². The lowest BCUT2D eigenvalue weighted by Crippen LogP contribution is -2.38. The van der Waals surface area contributed by atoms with Gasteiger partial charge in [0.1, 0.15) is 11.6 Å². The molecular weight excluding hydrogens is 442 g/mol. The number of ether oxygens (including phenoxy) is 2. The summed E-state index contributed by atoms with van der Waals surface area (Å²) in [4.78, 5) is 28.0. The lowest BCUT2D eigenvalue weighted by Gasteiger charge is -2.30. The zero-order valence-electron chi connectivity index (χ0n) is 18.2. The lowest BCUT2D eigenvalue weighted by atomic mass is 9.99. The molecular formula is C23H25N5O4S. The molecule has 2 fully saturated rings. The van der Waals surface area contributed by atoms with E-state index >= 15 is 0 Å². The van der Waals surface area contributed by atoms with Crippen molar-refractivity contribution in [1.82, 2.24) is 15.0 Å². The smallest absolute Gasteiger partial charge is 0.308 e. The molecule has 10 heteroatoms. The number of nitrogens with zero attached hydrogens (tertiary/aromatic N) is 4. The van der Waals surface area contributed by atoms with Crippen LogP contribution in [0.3, 0.4) is 0 Å². The van der Waals surface area contributed by atoms with Gasteiger partial charge in [-0.15, -0.1) is 0 Å². The summed E-state index contributed by atoms with van der Waals surface area (Å²) in [6.07, 6.45) is 5.08. The standard InChI is InChI=1S/C23H25N5O4S/c1-23(31-10-11-32-23)16-7-8-24-20(12-16)27-19-6-2-5-17(26-19)18-13-25-22(33-18)28-9-3-4-15(14-28)21(29)30/h2,5-8,12-13,15H,3-4,9-11,14H2,1H3,(H,29,30)(H,24,26,27)/t15-/m1/s1. The first-order chi connectivity index (χ1) is 16.0. The molecule has 0 aliphatic carbocycles. The molecule has 2 aliphatic rings. The summed E-state index contributed by atoms with van der Waals surface area (Å²) in [6, 6.07) is 9.53. The first-order valence-corrected chi connectivity index (χ1v) is 11.7. The van der Waals surface area contributed by atoms with Crippen LogP contribution < -0.4 is 10.2 Å². The molecule has 9 nitrogen and oxygen atoms in total. The molecule has 0 unspecified atom stereocenters. The van der Waals surface area contributed by atoms with Gasteiger partial charge in [0, 0.05) is 31.0 Å². The molecule has 0 spiro atoms. The number of carboxylic acids is 1. The van der Waals surface area contributed by atoms with Gasteiger partial charge in [0.15, 0.2) is 10.9 Å². The SMILES string of the molecule is CC1(c2ccnc(Nc3cccc(-c4cnc(N5CCC[C@@H](C(=O)O)C5)s4)n3)c2)OCCO1. The average Bonchev–Trinajstić information content (AvgIpc) is 3.50. The number of carboxylic acid groups (broad SMARTS) is 1. The summed E-state index contributed by atoms with van der Waals surface area (Å²) in [5.74, 6) is -0.538. The first kappa shape index (κ1) is 21.7. The molecule has 3 aromatic heterocycles. The van der Waals surface area contributed by atoms with E-state index in [1.165, 1.54) is 11.3 Å².